The van der Waals surface area contributed by atoms with E-state index in [1.54, 1.807) is 36.7 Å². The van der Waals surface area contributed by atoms with E-state index in [0.717, 1.165) is 11.4 Å². The van der Waals surface area contributed by atoms with Gasteiger partial charge in [0.25, 0.3) is 5.56 Å². The van der Waals surface area contributed by atoms with E-state index in [9.17, 15) is 14.0 Å². The van der Waals surface area contributed by atoms with Crippen LogP contribution < -0.4 is 20.5 Å². The molecule has 1 fully saturated rings. The average molecular weight is 438 g/mol. The summed E-state index contributed by atoms with van der Waals surface area (Å²) in [7, 11) is 1.52. The Morgan fingerprint density at radius 2 is 1.94 bits per heavy atom. The van der Waals surface area contributed by atoms with Crippen LogP contribution in [0.1, 0.15) is 12.5 Å². The number of ether oxygens (including phenoxy) is 2. The molecule has 1 aromatic carbocycles. The van der Waals surface area contributed by atoms with Crippen LogP contribution >= 0.6 is 0 Å². The Morgan fingerprint density at radius 3 is 2.56 bits per heavy atom. The molecule has 166 valence electrons. The number of nitrogens with one attached hydrogen (secondary N) is 1. The van der Waals surface area contributed by atoms with E-state index in [0.29, 0.717) is 24.5 Å². The summed E-state index contributed by atoms with van der Waals surface area (Å²) in [5.74, 6) is 0.853. The van der Waals surface area contributed by atoms with Crippen molar-refractivity contribution < 1.29 is 18.7 Å². The number of amides is 1. The normalized spacial score (nSPS) is 14.4. The summed E-state index contributed by atoms with van der Waals surface area (Å²) in [5.41, 5.74) is 0.611. The highest BCUT2D eigenvalue weighted by Crippen LogP contribution is 2.29. The second-order valence-corrected chi connectivity index (χ2v) is 7.81. The highest BCUT2D eigenvalue weighted by Gasteiger charge is 2.42. The van der Waals surface area contributed by atoms with Gasteiger partial charge in [-0.3, -0.25) is 9.36 Å². The molecule has 0 unspecified atom stereocenters. The second kappa shape index (κ2) is 8.70. The van der Waals surface area contributed by atoms with Crippen molar-refractivity contribution in [3.05, 3.63) is 82.7 Å². The molecule has 3 aromatic rings. The SMILES string of the molecule is CNC(=O)OC1(C)CN(c2ccc(-n3ccc(OCc4ccc(F)cc4)cc3=O)cn2)C1. The van der Waals surface area contributed by atoms with Gasteiger partial charge in [-0.2, -0.15) is 0 Å². The van der Waals surface area contributed by atoms with Crippen LogP contribution in [-0.4, -0.2) is 41.4 Å². The zero-order valence-electron chi connectivity index (χ0n) is 17.7. The molecule has 0 atom stereocenters. The third-order valence-electron chi connectivity index (χ3n) is 5.14. The molecule has 1 aliphatic heterocycles. The zero-order valence-corrected chi connectivity index (χ0v) is 17.7. The van der Waals surface area contributed by atoms with Gasteiger partial charge in [-0.15, -0.1) is 0 Å². The van der Waals surface area contributed by atoms with Crippen LogP contribution in [0.5, 0.6) is 5.75 Å². The number of anilines is 1. The minimum Gasteiger partial charge on any atom is -0.489 e. The summed E-state index contributed by atoms with van der Waals surface area (Å²) in [5, 5.41) is 2.45. The van der Waals surface area contributed by atoms with Crippen LogP contribution in [0.15, 0.2) is 65.7 Å². The molecule has 0 aliphatic carbocycles. The molecule has 0 spiro atoms. The van der Waals surface area contributed by atoms with Gasteiger partial charge in [0.15, 0.2) is 0 Å². The number of rotatable bonds is 6. The summed E-state index contributed by atoms with van der Waals surface area (Å²) in [6, 6.07) is 12.7. The number of pyridine rings is 2. The van der Waals surface area contributed by atoms with Crippen molar-refractivity contribution in [3.8, 4) is 11.4 Å². The number of benzene rings is 1. The van der Waals surface area contributed by atoms with Crippen LogP contribution in [0, 0.1) is 5.82 Å². The Labute approximate surface area is 184 Å². The molecule has 1 aliphatic rings. The molecular weight excluding hydrogens is 415 g/mol. The molecule has 9 heteroatoms. The van der Waals surface area contributed by atoms with Crippen LogP contribution in [0.25, 0.3) is 5.69 Å². The van der Waals surface area contributed by atoms with Gasteiger partial charge in [0, 0.05) is 19.3 Å². The van der Waals surface area contributed by atoms with Crippen molar-refractivity contribution in [1.82, 2.24) is 14.9 Å². The Kier molecular flexibility index (Phi) is 5.81. The fraction of sp³-hybridized carbons (Fsp3) is 0.261. The number of alkyl carbamates (subject to hydrolysis) is 1. The Morgan fingerprint density at radius 1 is 1.19 bits per heavy atom. The lowest BCUT2D eigenvalue weighted by Gasteiger charge is -2.47. The summed E-state index contributed by atoms with van der Waals surface area (Å²) < 4.78 is 25.4. The molecule has 0 saturated carbocycles. The number of nitrogens with zero attached hydrogens (tertiary/aromatic N) is 3. The molecule has 0 bridgehead atoms. The summed E-state index contributed by atoms with van der Waals surface area (Å²) in [6.45, 7) is 3.17. The maximum absolute atomic E-state index is 13.0. The molecule has 1 amide bonds. The predicted octanol–water partition coefficient (Wildman–Crippen LogP) is 2.89. The lowest BCUT2D eigenvalue weighted by Crippen LogP contribution is -2.63. The third kappa shape index (κ3) is 4.72. The Bertz CT molecular complexity index is 1160. The fourth-order valence-corrected chi connectivity index (χ4v) is 3.48. The third-order valence-corrected chi connectivity index (χ3v) is 5.14. The second-order valence-electron chi connectivity index (χ2n) is 7.81. The number of halogens is 1. The van der Waals surface area contributed by atoms with Gasteiger partial charge < -0.3 is 19.7 Å². The monoisotopic (exact) mass is 438 g/mol. The molecule has 2 aromatic heterocycles. The van der Waals surface area contributed by atoms with Crippen molar-refractivity contribution in [2.75, 3.05) is 25.0 Å². The van der Waals surface area contributed by atoms with Crippen LogP contribution in [0.4, 0.5) is 15.0 Å². The van der Waals surface area contributed by atoms with E-state index in [2.05, 4.69) is 10.3 Å². The molecule has 1 N–H and O–H groups in total. The molecule has 3 heterocycles. The summed E-state index contributed by atoms with van der Waals surface area (Å²) in [6.07, 6.45) is 2.78. The maximum atomic E-state index is 13.0. The number of carbonyl (C=O) groups is 1. The molecule has 4 rings (SSSR count). The van der Waals surface area contributed by atoms with Crippen LogP contribution in [0.2, 0.25) is 0 Å². The molecule has 0 radical (unpaired) electrons. The standard InChI is InChI=1S/C23H23FN4O4/c1-23(32-22(30)25-2)14-27(15-23)20-8-7-18(12-26-20)28-10-9-19(11-21(28)29)31-13-16-3-5-17(24)6-4-16/h3-12H,13-15H2,1-2H3,(H,25,30). The van der Waals surface area contributed by atoms with E-state index in [1.807, 2.05) is 17.9 Å². The molecule has 1 saturated heterocycles. The first-order chi connectivity index (χ1) is 15.3. The first kappa shape index (κ1) is 21.4. The van der Waals surface area contributed by atoms with E-state index in [4.69, 9.17) is 9.47 Å². The highest BCUT2D eigenvalue weighted by atomic mass is 19.1. The van der Waals surface area contributed by atoms with Crippen molar-refractivity contribution in [3.63, 3.8) is 0 Å². The van der Waals surface area contributed by atoms with E-state index < -0.39 is 11.7 Å². The Hall–Kier alpha value is -3.88. The smallest absolute Gasteiger partial charge is 0.407 e. The van der Waals surface area contributed by atoms with E-state index in [1.165, 1.54) is 29.8 Å². The van der Waals surface area contributed by atoms with Gasteiger partial charge in [0.2, 0.25) is 0 Å². The topological polar surface area (TPSA) is 85.7 Å². The summed E-state index contributed by atoms with van der Waals surface area (Å²) in [4.78, 5) is 30.4. The van der Waals surface area contributed by atoms with Crippen LogP contribution in [-0.2, 0) is 11.3 Å². The van der Waals surface area contributed by atoms with E-state index >= 15 is 0 Å². The maximum Gasteiger partial charge on any atom is 0.407 e. The minimum absolute atomic E-state index is 0.234. The van der Waals surface area contributed by atoms with Gasteiger partial charge in [0.1, 0.15) is 29.6 Å². The average Bonchev–Trinajstić information content (AvgIpc) is 2.77. The van der Waals surface area contributed by atoms with Gasteiger partial charge in [-0.1, -0.05) is 12.1 Å². The van der Waals surface area contributed by atoms with Crippen molar-refractivity contribution in [2.45, 2.75) is 19.1 Å². The minimum atomic E-state index is -0.554. The number of hydrogen-bond donors (Lipinski definition) is 1. The molecule has 32 heavy (non-hydrogen) atoms. The van der Waals surface area contributed by atoms with Crippen LogP contribution in [0.3, 0.4) is 0 Å². The van der Waals surface area contributed by atoms with Crippen molar-refractivity contribution in [2.24, 2.45) is 0 Å². The fourth-order valence-electron chi connectivity index (χ4n) is 3.48. The lowest BCUT2D eigenvalue weighted by atomic mass is 9.96. The predicted molar refractivity (Wildman–Crippen MR) is 117 cm³/mol. The van der Waals surface area contributed by atoms with Gasteiger partial charge in [0.05, 0.1) is 25.0 Å². The van der Waals surface area contributed by atoms with Crippen molar-refractivity contribution >= 4 is 11.9 Å². The molecular formula is C23H23FN4O4. The van der Waals surface area contributed by atoms with Gasteiger partial charge in [-0.25, -0.2) is 14.2 Å². The number of hydrogen-bond acceptors (Lipinski definition) is 6. The van der Waals surface area contributed by atoms with Gasteiger partial charge >= 0.3 is 6.09 Å². The number of aromatic nitrogens is 2. The van der Waals surface area contributed by atoms with E-state index in [-0.39, 0.29) is 18.0 Å². The largest absolute Gasteiger partial charge is 0.489 e. The highest BCUT2D eigenvalue weighted by molar-refractivity contribution is 5.68. The zero-order chi connectivity index (χ0) is 22.7. The molecule has 8 nitrogen and oxygen atoms in total. The lowest BCUT2D eigenvalue weighted by molar-refractivity contribution is 0.00480. The number of carbonyl (C=O) groups excluding carboxylic acids is 1. The van der Waals surface area contributed by atoms with Crippen molar-refractivity contribution in [1.29, 1.82) is 0 Å². The van der Waals surface area contributed by atoms with Gasteiger partial charge in [-0.05, 0) is 42.8 Å². The first-order valence-electron chi connectivity index (χ1n) is 10.1. The first-order valence-corrected chi connectivity index (χ1v) is 10.1. The summed E-state index contributed by atoms with van der Waals surface area (Å²) >= 11 is 0. The quantitative estimate of drug-likeness (QED) is 0.637. The Balaban J connectivity index is 1.38.